The van der Waals surface area contributed by atoms with Crippen LogP contribution in [0.4, 0.5) is 0 Å². The SMILES string of the molecule is CC1CCC(NC(=O)c2noc(C3CCCN3)n2)C(C)C1. The lowest BCUT2D eigenvalue weighted by Crippen LogP contribution is -2.42. The van der Waals surface area contributed by atoms with E-state index in [9.17, 15) is 4.79 Å². The molecule has 4 atom stereocenters. The molecule has 4 unspecified atom stereocenters. The Morgan fingerprint density at radius 2 is 2.19 bits per heavy atom. The first kappa shape index (κ1) is 14.5. The van der Waals surface area contributed by atoms with Crippen LogP contribution < -0.4 is 10.6 Å². The van der Waals surface area contributed by atoms with Gasteiger partial charge in [0.1, 0.15) is 0 Å². The van der Waals surface area contributed by atoms with Crippen molar-refractivity contribution in [2.24, 2.45) is 11.8 Å². The summed E-state index contributed by atoms with van der Waals surface area (Å²) in [7, 11) is 0. The van der Waals surface area contributed by atoms with Gasteiger partial charge in [0, 0.05) is 6.04 Å². The second-order valence-corrected chi connectivity index (χ2v) is 6.58. The largest absolute Gasteiger partial charge is 0.346 e. The molecule has 1 saturated carbocycles. The quantitative estimate of drug-likeness (QED) is 0.891. The first-order chi connectivity index (χ1) is 10.1. The fraction of sp³-hybridized carbons (Fsp3) is 0.800. The number of aromatic nitrogens is 2. The van der Waals surface area contributed by atoms with E-state index >= 15 is 0 Å². The second-order valence-electron chi connectivity index (χ2n) is 6.58. The average Bonchev–Trinajstić information content (AvgIpc) is 3.10. The smallest absolute Gasteiger partial charge is 0.292 e. The van der Waals surface area contributed by atoms with Gasteiger partial charge in [-0.2, -0.15) is 4.98 Å². The molecular formula is C15H24N4O2. The van der Waals surface area contributed by atoms with Gasteiger partial charge in [-0.25, -0.2) is 0 Å². The molecule has 1 aromatic rings. The Morgan fingerprint density at radius 3 is 2.90 bits per heavy atom. The van der Waals surface area contributed by atoms with Crippen LogP contribution in [-0.2, 0) is 0 Å². The minimum Gasteiger partial charge on any atom is -0.346 e. The third-order valence-electron chi connectivity index (χ3n) is 4.75. The number of rotatable bonds is 3. The van der Waals surface area contributed by atoms with E-state index in [1.165, 1.54) is 6.42 Å². The summed E-state index contributed by atoms with van der Waals surface area (Å²) in [5.74, 6) is 1.72. The van der Waals surface area contributed by atoms with Gasteiger partial charge in [0.05, 0.1) is 6.04 Å². The highest BCUT2D eigenvalue weighted by Gasteiger charge is 2.29. The van der Waals surface area contributed by atoms with Gasteiger partial charge < -0.3 is 15.2 Å². The Balaban J connectivity index is 1.60. The van der Waals surface area contributed by atoms with Gasteiger partial charge in [0.25, 0.3) is 11.7 Å². The molecule has 21 heavy (non-hydrogen) atoms. The van der Waals surface area contributed by atoms with Crippen LogP contribution in [0, 0.1) is 11.8 Å². The van der Waals surface area contributed by atoms with Gasteiger partial charge in [-0.15, -0.1) is 0 Å². The van der Waals surface area contributed by atoms with Crippen LogP contribution in [-0.4, -0.2) is 28.6 Å². The maximum absolute atomic E-state index is 12.3. The normalized spacial score (nSPS) is 33.0. The molecule has 6 nitrogen and oxygen atoms in total. The van der Waals surface area contributed by atoms with Gasteiger partial charge in [-0.1, -0.05) is 19.0 Å². The molecule has 1 aliphatic heterocycles. The lowest BCUT2D eigenvalue weighted by atomic mass is 9.80. The summed E-state index contributed by atoms with van der Waals surface area (Å²) in [6.45, 7) is 5.44. The molecule has 1 saturated heterocycles. The molecular weight excluding hydrogens is 268 g/mol. The van der Waals surface area contributed by atoms with Crippen LogP contribution in [0.5, 0.6) is 0 Å². The van der Waals surface area contributed by atoms with Crippen molar-refractivity contribution in [1.82, 2.24) is 20.8 Å². The summed E-state index contributed by atoms with van der Waals surface area (Å²) in [5, 5.41) is 10.2. The zero-order valence-corrected chi connectivity index (χ0v) is 12.8. The number of hydrogen-bond donors (Lipinski definition) is 2. The number of nitrogens with zero attached hydrogens (tertiary/aromatic N) is 2. The monoisotopic (exact) mass is 292 g/mol. The van der Waals surface area contributed by atoms with Crippen LogP contribution in [0.2, 0.25) is 0 Å². The summed E-state index contributed by atoms with van der Waals surface area (Å²) >= 11 is 0. The summed E-state index contributed by atoms with van der Waals surface area (Å²) in [6, 6.07) is 0.328. The van der Waals surface area contributed by atoms with E-state index in [0.717, 1.165) is 38.1 Å². The number of carbonyl (C=O) groups excluding carboxylic acids is 1. The van der Waals surface area contributed by atoms with Crippen molar-refractivity contribution in [3.63, 3.8) is 0 Å². The molecule has 2 fully saturated rings. The van der Waals surface area contributed by atoms with Crippen LogP contribution in [0.15, 0.2) is 4.52 Å². The Morgan fingerprint density at radius 1 is 1.33 bits per heavy atom. The Kier molecular flexibility index (Phi) is 4.24. The average molecular weight is 292 g/mol. The van der Waals surface area contributed by atoms with E-state index in [4.69, 9.17) is 4.52 Å². The Labute approximate surface area is 125 Å². The molecule has 2 aliphatic rings. The molecule has 2 heterocycles. The second kappa shape index (κ2) is 6.13. The van der Waals surface area contributed by atoms with Crippen molar-refractivity contribution < 1.29 is 9.32 Å². The van der Waals surface area contributed by atoms with E-state index in [2.05, 4.69) is 34.6 Å². The van der Waals surface area contributed by atoms with Gasteiger partial charge >= 0.3 is 0 Å². The van der Waals surface area contributed by atoms with Crippen molar-refractivity contribution >= 4 is 5.91 Å². The highest BCUT2D eigenvalue weighted by atomic mass is 16.5. The van der Waals surface area contributed by atoms with Crippen LogP contribution >= 0.6 is 0 Å². The molecule has 0 aromatic carbocycles. The van der Waals surface area contributed by atoms with E-state index < -0.39 is 0 Å². The van der Waals surface area contributed by atoms with E-state index in [1.54, 1.807) is 0 Å². The van der Waals surface area contributed by atoms with Crippen LogP contribution in [0.1, 0.15) is 68.5 Å². The number of amides is 1. The standard InChI is InChI=1S/C15H24N4O2/c1-9-5-6-11(10(2)8-9)17-14(20)13-18-15(21-19-13)12-4-3-7-16-12/h9-12,16H,3-8H2,1-2H3,(H,17,20). The van der Waals surface area contributed by atoms with Crippen molar-refractivity contribution in [3.05, 3.63) is 11.7 Å². The van der Waals surface area contributed by atoms with Crippen molar-refractivity contribution in [1.29, 1.82) is 0 Å². The van der Waals surface area contributed by atoms with Crippen molar-refractivity contribution in [2.45, 2.75) is 58.0 Å². The molecule has 1 aliphatic carbocycles. The first-order valence-electron chi connectivity index (χ1n) is 8.01. The van der Waals surface area contributed by atoms with E-state index in [-0.39, 0.29) is 23.8 Å². The summed E-state index contributed by atoms with van der Waals surface area (Å²) in [6.07, 6.45) is 5.45. The third kappa shape index (κ3) is 3.26. The molecule has 0 radical (unpaired) electrons. The van der Waals surface area contributed by atoms with Crippen LogP contribution in [0.3, 0.4) is 0 Å². The lowest BCUT2D eigenvalue weighted by Gasteiger charge is -2.32. The van der Waals surface area contributed by atoms with Crippen molar-refractivity contribution in [2.75, 3.05) is 6.54 Å². The maximum atomic E-state index is 12.3. The molecule has 1 amide bonds. The fourth-order valence-corrected chi connectivity index (χ4v) is 3.48. The highest BCUT2D eigenvalue weighted by molar-refractivity contribution is 5.90. The van der Waals surface area contributed by atoms with Gasteiger partial charge in [-0.3, -0.25) is 4.79 Å². The lowest BCUT2D eigenvalue weighted by molar-refractivity contribution is 0.0886. The summed E-state index contributed by atoms with van der Waals surface area (Å²) in [4.78, 5) is 16.5. The zero-order valence-electron chi connectivity index (χ0n) is 12.8. The fourth-order valence-electron chi connectivity index (χ4n) is 3.48. The highest BCUT2D eigenvalue weighted by Crippen LogP contribution is 2.28. The predicted octanol–water partition coefficient (Wildman–Crippen LogP) is 2.05. The molecule has 6 heteroatoms. The molecule has 1 aromatic heterocycles. The summed E-state index contributed by atoms with van der Waals surface area (Å²) < 4.78 is 5.22. The van der Waals surface area contributed by atoms with Gasteiger partial charge in [-0.05, 0) is 50.5 Å². The molecule has 2 N–H and O–H groups in total. The zero-order chi connectivity index (χ0) is 14.8. The van der Waals surface area contributed by atoms with Crippen LogP contribution in [0.25, 0.3) is 0 Å². The number of hydrogen-bond acceptors (Lipinski definition) is 5. The first-order valence-corrected chi connectivity index (χ1v) is 8.01. The topological polar surface area (TPSA) is 80.0 Å². The minimum atomic E-state index is -0.214. The minimum absolute atomic E-state index is 0.105. The third-order valence-corrected chi connectivity index (χ3v) is 4.75. The molecule has 3 rings (SSSR count). The molecule has 0 spiro atoms. The van der Waals surface area contributed by atoms with E-state index in [0.29, 0.717) is 11.8 Å². The number of nitrogens with one attached hydrogen (secondary N) is 2. The van der Waals surface area contributed by atoms with Gasteiger partial charge in [0.2, 0.25) is 5.89 Å². The number of carbonyl (C=O) groups is 1. The Hall–Kier alpha value is -1.43. The summed E-state index contributed by atoms with van der Waals surface area (Å²) in [5.41, 5.74) is 0. The van der Waals surface area contributed by atoms with Crippen molar-refractivity contribution in [3.8, 4) is 0 Å². The maximum Gasteiger partial charge on any atom is 0.292 e. The Bertz CT molecular complexity index is 496. The van der Waals surface area contributed by atoms with Gasteiger partial charge in [0.15, 0.2) is 0 Å². The molecule has 116 valence electrons. The van der Waals surface area contributed by atoms with E-state index in [1.807, 2.05) is 0 Å². The predicted molar refractivity (Wildman–Crippen MR) is 77.7 cm³/mol. The molecule has 0 bridgehead atoms.